The van der Waals surface area contributed by atoms with E-state index in [0.29, 0.717) is 19.8 Å². The zero-order valence-electron chi connectivity index (χ0n) is 10.1. The number of nitrogens with zero attached hydrogens (tertiary/aromatic N) is 1. The van der Waals surface area contributed by atoms with E-state index < -0.39 is 0 Å². The Kier molecular flexibility index (Phi) is 4.23. The van der Waals surface area contributed by atoms with Gasteiger partial charge in [0.1, 0.15) is 5.75 Å². The molecule has 1 aromatic carbocycles. The van der Waals surface area contributed by atoms with Crippen LogP contribution in [0, 0.1) is 0 Å². The summed E-state index contributed by atoms with van der Waals surface area (Å²) in [6.07, 6.45) is -0.0987. The quantitative estimate of drug-likeness (QED) is 0.856. The SMILES string of the molecule is CCOc1ccccc1N1CCOC(CO)C1. The number of para-hydroxylation sites is 2. The third-order valence-electron chi connectivity index (χ3n) is 2.85. The maximum Gasteiger partial charge on any atom is 0.142 e. The van der Waals surface area contributed by atoms with Crippen LogP contribution < -0.4 is 9.64 Å². The average molecular weight is 237 g/mol. The van der Waals surface area contributed by atoms with Crippen molar-refractivity contribution in [1.29, 1.82) is 0 Å². The first kappa shape index (κ1) is 12.2. The minimum absolute atomic E-state index is 0.0628. The van der Waals surface area contributed by atoms with Gasteiger partial charge in [0.15, 0.2) is 0 Å². The van der Waals surface area contributed by atoms with Crippen molar-refractivity contribution in [2.45, 2.75) is 13.0 Å². The fourth-order valence-corrected chi connectivity index (χ4v) is 2.04. The van der Waals surface area contributed by atoms with E-state index in [4.69, 9.17) is 14.6 Å². The Balaban J connectivity index is 2.15. The van der Waals surface area contributed by atoms with Gasteiger partial charge in [-0.2, -0.15) is 0 Å². The molecule has 1 atom stereocenters. The molecule has 4 nitrogen and oxygen atoms in total. The molecule has 1 aromatic rings. The molecule has 1 heterocycles. The van der Waals surface area contributed by atoms with Gasteiger partial charge in [0, 0.05) is 13.1 Å². The van der Waals surface area contributed by atoms with E-state index in [1.165, 1.54) is 0 Å². The van der Waals surface area contributed by atoms with E-state index in [1.54, 1.807) is 0 Å². The molecule has 0 spiro atoms. The first-order chi connectivity index (χ1) is 8.35. The van der Waals surface area contributed by atoms with Crippen LogP contribution in [0.25, 0.3) is 0 Å². The Morgan fingerprint density at radius 2 is 2.29 bits per heavy atom. The summed E-state index contributed by atoms with van der Waals surface area (Å²) >= 11 is 0. The minimum Gasteiger partial charge on any atom is -0.492 e. The molecule has 0 saturated carbocycles. The second-order valence-electron chi connectivity index (χ2n) is 4.02. The van der Waals surface area contributed by atoms with Crippen molar-refractivity contribution in [3.05, 3.63) is 24.3 Å². The molecule has 0 aromatic heterocycles. The largest absolute Gasteiger partial charge is 0.492 e. The molecule has 0 bridgehead atoms. The van der Waals surface area contributed by atoms with Crippen LogP contribution >= 0.6 is 0 Å². The van der Waals surface area contributed by atoms with Crippen LogP contribution in [0.3, 0.4) is 0 Å². The lowest BCUT2D eigenvalue weighted by Crippen LogP contribution is -2.44. The van der Waals surface area contributed by atoms with Crippen molar-refractivity contribution >= 4 is 5.69 Å². The number of benzene rings is 1. The maximum absolute atomic E-state index is 9.15. The summed E-state index contributed by atoms with van der Waals surface area (Å²) in [5.74, 6) is 0.897. The summed E-state index contributed by atoms with van der Waals surface area (Å²) in [6, 6.07) is 7.99. The molecule has 1 aliphatic heterocycles. The monoisotopic (exact) mass is 237 g/mol. The lowest BCUT2D eigenvalue weighted by Gasteiger charge is -2.34. The van der Waals surface area contributed by atoms with Crippen molar-refractivity contribution < 1.29 is 14.6 Å². The number of ether oxygens (including phenoxy) is 2. The molecule has 1 unspecified atom stereocenters. The van der Waals surface area contributed by atoms with Crippen LogP contribution in [0.1, 0.15) is 6.92 Å². The Labute approximate surface area is 102 Å². The van der Waals surface area contributed by atoms with Crippen molar-refractivity contribution in [2.75, 3.05) is 37.8 Å². The number of hydrogen-bond donors (Lipinski definition) is 1. The Hall–Kier alpha value is -1.26. The Bertz CT molecular complexity index is 356. The standard InChI is InChI=1S/C13H19NO3/c1-2-16-13-6-4-3-5-12(13)14-7-8-17-11(9-14)10-15/h3-6,11,15H,2,7-10H2,1H3. The molecule has 4 heteroatoms. The molecule has 17 heavy (non-hydrogen) atoms. The highest BCUT2D eigenvalue weighted by atomic mass is 16.5. The maximum atomic E-state index is 9.15. The van der Waals surface area contributed by atoms with Crippen LogP contribution in [0.2, 0.25) is 0 Å². The zero-order valence-corrected chi connectivity index (χ0v) is 10.1. The first-order valence-corrected chi connectivity index (χ1v) is 6.04. The fourth-order valence-electron chi connectivity index (χ4n) is 2.04. The molecule has 1 N–H and O–H groups in total. The van der Waals surface area contributed by atoms with E-state index in [0.717, 1.165) is 18.0 Å². The van der Waals surface area contributed by atoms with E-state index in [9.17, 15) is 0 Å². The Morgan fingerprint density at radius 3 is 3.06 bits per heavy atom. The second kappa shape index (κ2) is 5.89. The minimum atomic E-state index is -0.0987. The number of morpholine rings is 1. The predicted molar refractivity (Wildman–Crippen MR) is 66.6 cm³/mol. The van der Waals surface area contributed by atoms with Gasteiger partial charge in [-0.1, -0.05) is 12.1 Å². The zero-order chi connectivity index (χ0) is 12.1. The summed E-state index contributed by atoms with van der Waals surface area (Å²) in [4.78, 5) is 2.20. The lowest BCUT2D eigenvalue weighted by atomic mass is 10.2. The number of rotatable bonds is 4. The number of anilines is 1. The molecule has 0 aliphatic carbocycles. The summed E-state index contributed by atoms with van der Waals surface area (Å²) in [5, 5.41) is 9.15. The molecule has 94 valence electrons. The lowest BCUT2D eigenvalue weighted by molar-refractivity contribution is 0.00345. The van der Waals surface area contributed by atoms with Crippen molar-refractivity contribution in [3.63, 3.8) is 0 Å². The van der Waals surface area contributed by atoms with Gasteiger partial charge in [0.05, 0.1) is 31.6 Å². The van der Waals surface area contributed by atoms with E-state index in [1.807, 2.05) is 31.2 Å². The molecular formula is C13H19NO3. The smallest absolute Gasteiger partial charge is 0.142 e. The van der Waals surface area contributed by atoms with Gasteiger partial charge < -0.3 is 19.5 Å². The van der Waals surface area contributed by atoms with Crippen molar-refractivity contribution in [2.24, 2.45) is 0 Å². The van der Waals surface area contributed by atoms with Crippen LogP contribution in [-0.4, -0.2) is 44.1 Å². The van der Waals surface area contributed by atoms with Crippen molar-refractivity contribution in [1.82, 2.24) is 0 Å². The Morgan fingerprint density at radius 1 is 1.47 bits per heavy atom. The van der Waals surface area contributed by atoms with Gasteiger partial charge in [0.2, 0.25) is 0 Å². The average Bonchev–Trinajstić information content (AvgIpc) is 2.40. The topological polar surface area (TPSA) is 41.9 Å². The number of hydrogen-bond acceptors (Lipinski definition) is 4. The number of aliphatic hydroxyl groups is 1. The molecular weight excluding hydrogens is 218 g/mol. The highest BCUT2D eigenvalue weighted by molar-refractivity contribution is 5.58. The molecule has 1 aliphatic rings. The first-order valence-electron chi connectivity index (χ1n) is 6.04. The van der Waals surface area contributed by atoms with Crippen LogP contribution in [0.15, 0.2) is 24.3 Å². The fraction of sp³-hybridized carbons (Fsp3) is 0.538. The van der Waals surface area contributed by atoms with E-state index >= 15 is 0 Å². The summed E-state index contributed by atoms with van der Waals surface area (Å²) in [5.41, 5.74) is 1.08. The summed E-state index contributed by atoms with van der Waals surface area (Å²) < 4.78 is 11.1. The predicted octanol–water partition coefficient (Wildman–Crippen LogP) is 1.28. The van der Waals surface area contributed by atoms with Gasteiger partial charge in [-0.15, -0.1) is 0 Å². The van der Waals surface area contributed by atoms with Crippen LogP contribution in [-0.2, 0) is 4.74 Å². The second-order valence-corrected chi connectivity index (χ2v) is 4.02. The van der Waals surface area contributed by atoms with Crippen LogP contribution in [0.5, 0.6) is 5.75 Å². The van der Waals surface area contributed by atoms with E-state index in [-0.39, 0.29) is 12.7 Å². The van der Waals surface area contributed by atoms with Gasteiger partial charge in [-0.25, -0.2) is 0 Å². The van der Waals surface area contributed by atoms with Gasteiger partial charge in [0.25, 0.3) is 0 Å². The third-order valence-corrected chi connectivity index (χ3v) is 2.85. The molecule has 2 rings (SSSR count). The number of aliphatic hydroxyl groups excluding tert-OH is 1. The molecule has 1 saturated heterocycles. The molecule has 1 fully saturated rings. The van der Waals surface area contributed by atoms with Gasteiger partial charge in [-0.05, 0) is 19.1 Å². The van der Waals surface area contributed by atoms with Gasteiger partial charge >= 0.3 is 0 Å². The summed E-state index contributed by atoms with van der Waals surface area (Å²) in [6.45, 7) is 4.89. The summed E-state index contributed by atoms with van der Waals surface area (Å²) in [7, 11) is 0. The van der Waals surface area contributed by atoms with Crippen molar-refractivity contribution in [3.8, 4) is 5.75 Å². The highest BCUT2D eigenvalue weighted by Gasteiger charge is 2.21. The van der Waals surface area contributed by atoms with Gasteiger partial charge in [-0.3, -0.25) is 0 Å². The van der Waals surface area contributed by atoms with E-state index in [2.05, 4.69) is 4.90 Å². The molecule has 0 amide bonds. The molecule has 0 radical (unpaired) electrons. The highest BCUT2D eigenvalue weighted by Crippen LogP contribution is 2.29. The normalized spacial score (nSPS) is 20.4. The third kappa shape index (κ3) is 2.90. The van der Waals surface area contributed by atoms with Crippen LogP contribution in [0.4, 0.5) is 5.69 Å².